The molecule has 2 unspecified atom stereocenters. The summed E-state index contributed by atoms with van der Waals surface area (Å²) < 4.78 is 6.24. The highest BCUT2D eigenvalue weighted by molar-refractivity contribution is 4.97. The van der Waals surface area contributed by atoms with E-state index in [1.54, 1.807) is 0 Å². The summed E-state index contributed by atoms with van der Waals surface area (Å²) in [6.45, 7) is 7.30. The lowest BCUT2D eigenvalue weighted by Gasteiger charge is -2.37. The van der Waals surface area contributed by atoms with E-state index < -0.39 is 0 Å². The van der Waals surface area contributed by atoms with Crippen molar-refractivity contribution in [2.75, 3.05) is 6.61 Å². The maximum atomic E-state index is 6.24. The Morgan fingerprint density at radius 3 is 2.08 bits per heavy atom. The topological polar surface area (TPSA) is 9.23 Å². The summed E-state index contributed by atoms with van der Waals surface area (Å²) in [4.78, 5) is 0. The van der Waals surface area contributed by atoms with E-state index in [2.05, 4.69) is 31.7 Å². The molecule has 25 heavy (non-hydrogen) atoms. The molecule has 0 spiro atoms. The van der Waals surface area contributed by atoms with Crippen molar-refractivity contribution in [1.82, 2.24) is 0 Å². The molecule has 2 aliphatic carbocycles. The highest BCUT2D eigenvalue weighted by Gasteiger charge is 2.30. The SMILES string of the molecule is C=CC1CCC(C2CCC(C=CC3CCC(CCC)CC3)OC2)CC1. The van der Waals surface area contributed by atoms with Crippen molar-refractivity contribution in [3.8, 4) is 0 Å². The lowest BCUT2D eigenvalue weighted by Crippen LogP contribution is -2.31. The summed E-state index contributed by atoms with van der Waals surface area (Å²) in [6.07, 6.45) is 24.1. The van der Waals surface area contributed by atoms with Crippen molar-refractivity contribution in [2.45, 2.75) is 90.1 Å². The summed E-state index contributed by atoms with van der Waals surface area (Å²) in [5.41, 5.74) is 0. The van der Waals surface area contributed by atoms with Gasteiger partial charge in [0.2, 0.25) is 0 Å². The third-order valence-electron chi connectivity index (χ3n) is 7.35. The van der Waals surface area contributed by atoms with Crippen LogP contribution in [0, 0.1) is 29.6 Å². The van der Waals surface area contributed by atoms with E-state index in [4.69, 9.17) is 4.74 Å². The average Bonchev–Trinajstić information content (AvgIpc) is 2.68. The van der Waals surface area contributed by atoms with Gasteiger partial charge in [-0.05, 0) is 93.8 Å². The lowest BCUT2D eigenvalue weighted by atomic mass is 9.74. The van der Waals surface area contributed by atoms with Crippen LogP contribution in [0.25, 0.3) is 0 Å². The summed E-state index contributed by atoms with van der Waals surface area (Å²) in [6, 6.07) is 0. The highest BCUT2D eigenvalue weighted by Crippen LogP contribution is 2.38. The first-order chi connectivity index (χ1) is 12.3. The van der Waals surface area contributed by atoms with Gasteiger partial charge in [0, 0.05) is 0 Å². The lowest BCUT2D eigenvalue weighted by molar-refractivity contribution is -0.0157. The third-order valence-corrected chi connectivity index (χ3v) is 7.35. The van der Waals surface area contributed by atoms with E-state index in [0.717, 1.165) is 36.2 Å². The monoisotopic (exact) mass is 344 g/mol. The predicted octanol–water partition coefficient (Wildman–Crippen LogP) is 6.94. The molecule has 3 fully saturated rings. The molecule has 0 radical (unpaired) electrons. The largest absolute Gasteiger partial charge is 0.374 e. The van der Waals surface area contributed by atoms with Gasteiger partial charge in [0.15, 0.2) is 0 Å². The molecule has 0 amide bonds. The van der Waals surface area contributed by atoms with Gasteiger partial charge in [-0.3, -0.25) is 0 Å². The molecule has 0 aromatic rings. The number of hydrogen-bond donors (Lipinski definition) is 0. The van der Waals surface area contributed by atoms with Gasteiger partial charge in [0.25, 0.3) is 0 Å². The third kappa shape index (κ3) is 5.71. The Morgan fingerprint density at radius 1 is 0.800 bits per heavy atom. The Balaban J connectivity index is 1.35. The minimum Gasteiger partial charge on any atom is -0.374 e. The number of hydrogen-bond acceptors (Lipinski definition) is 1. The van der Waals surface area contributed by atoms with Crippen molar-refractivity contribution in [3.63, 3.8) is 0 Å². The first-order valence-electron chi connectivity index (χ1n) is 11.2. The van der Waals surface area contributed by atoms with E-state index in [9.17, 15) is 0 Å². The van der Waals surface area contributed by atoms with E-state index in [-0.39, 0.29) is 0 Å². The minimum atomic E-state index is 0.397. The van der Waals surface area contributed by atoms with Gasteiger partial charge in [0.05, 0.1) is 12.7 Å². The molecule has 0 bridgehead atoms. The second kappa shape index (κ2) is 9.95. The Morgan fingerprint density at radius 2 is 1.48 bits per heavy atom. The van der Waals surface area contributed by atoms with Crippen molar-refractivity contribution in [2.24, 2.45) is 29.6 Å². The summed E-state index contributed by atoms with van der Waals surface area (Å²) in [7, 11) is 0. The van der Waals surface area contributed by atoms with Crippen molar-refractivity contribution < 1.29 is 4.74 Å². The fourth-order valence-corrected chi connectivity index (χ4v) is 5.53. The molecule has 0 aromatic carbocycles. The fourth-order valence-electron chi connectivity index (χ4n) is 5.53. The Bertz CT molecular complexity index is 402. The van der Waals surface area contributed by atoms with Crippen LogP contribution in [0.2, 0.25) is 0 Å². The average molecular weight is 345 g/mol. The van der Waals surface area contributed by atoms with Gasteiger partial charge in [-0.1, -0.05) is 38.0 Å². The normalized spacial score (nSPS) is 40.2. The summed E-state index contributed by atoms with van der Waals surface area (Å²) >= 11 is 0. The predicted molar refractivity (Wildman–Crippen MR) is 108 cm³/mol. The van der Waals surface area contributed by atoms with Gasteiger partial charge in [-0.25, -0.2) is 0 Å². The van der Waals surface area contributed by atoms with E-state index in [1.165, 1.54) is 77.0 Å². The molecule has 0 aromatic heterocycles. The van der Waals surface area contributed by atoms with Crippen LogP contribution in [-0.2, 0) is 4.74 Å². The zero-order valence-electron chi connectivity index (χ0n) is 16.5. The van der Waals surface area contributed by atoms with Crippen LogP contribution >= 0.6 is 0 Å². The van der Waals surface area contributed by atoms with Crippen LogP contribution in [0.1, 0.15) is 84.0 Å². The Labute approximate surface area is 156 Å². The van der Waals surface area contributed by atoms with Crippen molar-refractivity contribution in [1.29, 1.82) is 0 Å². The maximum absolute atomic E-state index is 6.24. The molecule has 3 rings (SSSR count). The molecule has 0 N–H and O–H groups in total. The fraction of sp³-hybridized carbons (Fsp3) is 0.833. The van der Waals surface area contributed by atoms with Crippen molar-refractivity contribution in [3.05, 3.63) is 24.8 Å². The Kier molecular flexibility index (Phi) is 7.65. The minimum absolute atomic E-state index is 0.397. The van der Waals surface area contributed by atoms with Crippen LogP contribution in [0.3, 0.4) is 0 Å². The molecule has 2 saturated carbocycles. The number of allylic oxidation sites excluding steroid dienone is 2. The zero-order valence-corrected chi connectivity index (χ0v) is 16.5. The quantitative estimate of drug-likeness (QED) is 0.474. The number of rotatable bonds is 6. The maximum Gasteiger partial charge on any atom is 0.0756 e. The van der Waals surface area contributed by atoms with E-state index >= 15 is 0 Å². The van der Waals surface area contributed by atoms with Gasteiger partial charge < -0.3 is 4.74 Å². The van der Waals surface area contributed by atoms with E-state index in [0.29, 0.717) is 6.10 Å². The molecule has 1 aliphatic heterocycles. The highest BCUT2D eigenvalue weighted by atomic mass is 16.5. The van der Waals surface area contributed by atoms with Crippen LogP contribution in [0.15, 0.2) is 24.8 Å². The van der Waals surface area contributed by atoms with Crippen LogP contribution < -0.4 is 0 Å². The van der Waals surface area contributed by atoms with Gasteiger partial charge in [-0.15, -0.1) is 6.58 Å². The van der Waals surface area contributed by atoms with Crippen molar-refractivity contribution >= 4 is 0 Å². The van der Waals surface area contributed by atoms with Crippen LogP contribution in [-0.4, -0.2) is 12.7 Å². The molecule has 1 nitrogen and oxygen atoms in total. The van der Waals surface area contributed by atoms with Gasteiger partial charge in [0.1, 0.15) is 0 Å². The molecule has 1 saturated heterocycles. The van der Waals surface area contributed by atoms with Gasteiger partial charge >= 0.3 is 0 Å². The zero-order chi connectivity index (χ0) is 17.5. The molecule has 2 atom stereocenters. The number of ether oxygens (including phenoxy) is 1. The second-order valence-corrected chi connectivity index (χ2v) is 9.07. The van der Waals surface area contributed by atoms with Crippen LogP contribution in [0.5, 0.6) is 0 Å². The first-order valence-corrected chi connectivity index (χ1v) is 11.2. The second-order valence-electron chi connectivity index (χ2n) is 9.07. The standard InChI is InChI=1S/C24H40O/c1-3-5-20-6-8-21(9-7-20)12-16-24-17-15-23(18-25-24)22-13-10-19(4-2)11-14-22/h4,12,16,19-24H,2-3,5-11,13-15,17-18H2,1H3. The molecule has 1 heteroatoms. The summed E-state index contributed by atoms with van der Waals surface area (Å²) in [5, 5.41) is 0. The van der Waals surface area contributed by atoms with E-state index in [1.807, 2.05) is 0 Å². The summed E-state index contributed by atoms with van der Waals surface area (Å²) in [5.74, 6) is 4.35. The molecule has 142 valence electrons. The smallest absolute Gasteiger partial charge is 0.0756 e. The Hall–Kier alpha value is -0.560. The molecule has 3 aliphatic rings. The molecular formula is C24H40O. The van der Waals surface area contributed by atoms with Crippen LogP contribution in [0.4, 0.5) is 0 Å². The first kappa shape index (κ1) is 19.2. The molecular weight excluding hydrogens is 304 g/mol. The molecule has 1 heterocycles. The van der Waals surface area contributed by atoms with Gasteiger partial charge in [-0.2, -0.15) is 0 Å².